The lowest BCUT2D eigenvalue weighted by Gasteiger charge is -2.48. The standard InChI is InChI=1S/C21H31N3O3/c1-16(2)8-12-23-14-21(10-7-19(23)26)9-4-11-24(15-21)20(27)18-6-3-5-17(13-25)22-18/h3,5-6,16,25H,4,7-15H2,1-2H3. The van der Waals surface area contributed by atoms with E-state index in [1.165, 1.54) is 0 Å². The zero-order valence-corrected chi connectivity index (χ0v) is 16.5. The predicted octanol–water partition coefficient (Wildman–Crippen LogP) is 2.46. The number of aliphatic hydroxyl groups excluding tert-OH is 1. The zero-order chi connectivity index (χ0) is 19.4. The van der Waals surface area contributed by atoms with Crippen molar-refractivity contribution < 1.29 is 14.7 Å². The minimum atomic E-state index is -0.169. The molecule has 3 rings (SSSR count). The summed E-state index contributed by atoms with van der Waals surface area (Å²) in [7, 11) is 0. The van der Waals surface area contributed by atoms with Crippen molar-refractivity contribution in [2.75, 3.05) is 26.2 Å². The third-order valence-corrected chi connectivity index (χ3v) is 5.86. The van der Waals surface area contributed by atoms with Crippen LogP contribution in [0.25, 0.3) is 0 Å². The van der Waals surface area contributed by atoms with E-state index in [1.54, 1.807) is 18.2 Å². The molecule has 2 fully saturated rings. The molecule has 0 aliphatic carbocycles. The molecule has 0 aromatic carbocycles. The minimum absolute atomic E-state index is 0.00733. The van der Waals surface area contributed by atoms with Crippen molar-refractivity contribution in [3.8, 4) is 0 Å². The van der Waals surface area contributed by atoms with Gasteiger partial charge in [-0.15, -0.1) is 0 Å². The van der Waals surface area contributed by atoms with Crippen LogP contribution < -0.4 is 0 Å². The number of aromatic nitrogens is 1. The monoisotopic (exact) mass is 373 g/mol. The van der Waals surface area contributed by atoms with Crippen LogP contribution in [-0.4, -0.2) is 57.9 Å². The first-order valence-electron chi connectivity index (χ1n) is 10.1. The largest absolute Gasteiger partial charge is 0.390 e. The molecule has 1 aromatic heterocycles. The Morgan fingerprint density at radius 2 is 2.11 bits per heavy atom. The number of nitrogens with zero attached hydrogens (tertiary/aromatic N) is 3. The number of carbonyl (C=O) groups excluding carboxylic acids is 2. The van der Waals surface area contributed by atoms with Crippen LogP contribution in [0.3, 0.4) is 0 Å². The summed E-state index contributed by atoms with van der Waals surface area (Å²) in [6, 6.07) is 5.19. The summed E-state index contributed by atoms with van der Waals surface area (Å²) < 4.78 is 0. The average Bonchev–Trinajstić information content (AvgIpc) is 2.68. The molecule has 1 atom stereocenters. The molecule has 2 aliphatic rings. The number of rotatable bonds is 5. The van der Waals surface area contributed by atoms with Gasteiger partial charge < -0.3 is 14.9 Å². The van der Waals surface area contributed by atoms with Crippen molar-refractivity contribution in [2.45, 2.75) is 52.6 Å². The Bertz CT molecular complexity index is 691. The Labute approximate surface area is 161 Å². The van der Waals surface area contributed by atoms with E-state index in [0.29, 0.717) is 30.3 Å². The van der Waals surface area contributed by atoms with E-state index in [9.17, 15) is 14.7 Å². The summed E-state index contributed by atoms with van der Waals surface area (Å²) in [6.07, 6.45) is 4.47. The molecule has 2 amide bonds. The topological polar surface area (TPSA) is 73.7 Å². The maximum absolute atomic E-state index is 13.0. The van der Waals surface area contributed by atoms with Gasteiger partial charge in [0, 0.05) is 38.0 Å². The van der Waals surface area contributed by atoms with Crippen LogP contribution in [-0.2, 0) is 11.4 Å². The van der Waals surface area contributed by atoms with Gasteiger partial charge in [-0.3, -0.25) is 9.59 Å². The fourth-order valence-electron chi connectivity index (χ4n) is 4.28. The molecule has 2 aliphatic heterocycles. The molecule has 1 spiro atoms. The normalized spacial score (nSPS) is 23.3. The first-order valence-corrected chi connectivity index (χ1v) is 10.1. The van der Waals surface area contributed by atoms with E-state index in [2.05, 4.69) is 18.8 Å². The summed E-state index contributed by atoms with van der Waals surface area (Å²) in [6.45, 7) is 7.17. The third-order valence-electron chi connectivity index (χ3n) is 5.86. The number of hydrogen-bond donors (Lipinski definition) is 1. The molecule has 0 saturated carbocycles. The van der Waals surface area contributed by atoms with Crippen molar-refractivity contribution in [3.05, 3.63) is 29.6 Å². The molecular formula is C21H31N3O3. The van der Waals surface area contributed by atoms with Crippen LogP contribution >= 0.6 is 0 Å². The van der Waals surface area contributed by atoms with Crippen molar-refractivity contribution >= 4 is 11.8 Å². The molecule has 148 valence electrons. The van der Waals surface area contributed by atoms with Crippen molar-refractivity contribution in [1.29, 1.82) is 0 Å². The van der Waals surface area contributed by atoms with E-state index in [0.717, 1.165) is 45.3 Å². The van der Waals surface area contributed by atoms with E-state index in [-0.39, 0.29) is 23.8 Å². The van der Waals surface area contributed by atoms with Crippen LogP contribution in [0.15, 0.2) is 18.2 Å². The Balaban J connectivity index is 1.70. The Hall–Kier alpha value is -1.95. The second-order valence-electron chi connectivity index (χ2n) is 8.50. The number of likely N-dealkylation sites (tertiary alicyclic amines) is 2. The maximum atomic E-state index is 13.0. The van der Waals surface area contributed by atoms with Crippen LogP contribution in [0.2, 0.25) is 0 Å². The minimum Gasteiger partial charge on any atom is -0.390 e. The van der Waals surface area contributed by atoms with Gasteiger partial charge in [-0.25, -0.2) is 4.98 Å². The molecule has 27 heavy (non-hydrogen) atoms. The molecule has 2 saturated heterocycles. The van der Waals surface area contributed by atoms with Crippen LogP contribution in [0.1, 0.15) is 62.1 Å². The smallest absolute Gasteiger partial charge is 0.272 e. The zero-order valence-electron chi connectivity index (χ0n) is 16.5. The first-order chi connectivity index (χ1) is 12.9. The molecule has 1 N–H and O–H groups in total. The SMILES string of the molecule is CC(C)CCN1CC2(CCCN(C(=O)c3cccc(CO)n3)C2)CCC1=O. The number of piperidine rings is 2. The Morgan fingerprint density at radius 3 is 2.85 bits per heavy atom. The number of aliphatic hydroxyl groups is 1. The van der Waals surface area contributed by atoms with Crippen LogP contribution in [0.5, 0.6) is 0 Å². The van der Waals surface area contributed by atoms with Gasteiger partial charge in [0.2, 0.25) is 5.91 Å². The van der Waals surface area contributed by atoms with Crippen molar-refractivity contribution in [3.63, 3.8) is 0 Å². The first kappa shape index (κ1) is 19.8. The highest BCUT2D eigenvalue weighted by molar-refractivity contribution is 5.92. The lowest BCUT2D eigenvalue weighted by Crippen LogP contribution is -2.55. The van der Waals surface area contributed by atoms with Crippen molar-refractivity contribution in [1.82, 2.24) is 14.8 Å². The second-order valence-corrected chi connectivity index (χ2v) is 8.50. The van der Waals surface area contributed by atoms with E-state index in [1.807, 2.05) is 9.80 Å². The quantitative estimate of drug-likeness (QED) is 0.860. The summed E-state index contributed by atoms with van der Waals surface area (Å²) in [5.41, 5.74) is 0.908. The Morgan fingerprint density at radius 1 is 1.30 bits per heavy atom. The lowest BCUT2D eigenvalue weighted by atomic mass is 9.73. The predicted molar refractivity (Wildman–Crippen MR) is 103 cm³/mol. The van der Waals surface area contributed by atoms with Crippen LogP contribution in [0.4, 0.5) is 0 Å². The van der Waals surface area contributed by atoms with Gasteiger partial charge in [0.15, 0.2) is 0 Å². The number of amides is 2. The highest BCUT2D eigenvalue weighted by Gasteiger charge is 2.42. The summed E-state index contributed by atoms with van der Waals surface area (Å²) >= 11 is 0. The van der Waals surface area contributed by atoms with Gasteiger partial charge in [0.05, 0.1) is 12.3 Å². The number of carbonyl (C=O) groups is 2. The van der Waals surface area contributed by atoms with Gasteiger partial charge in [-0.2, -0.15) is 0 Å². The lowest BCUT2D eigenvalue weighted by molar-refractivity contribution is -0.139. The molecule has 0 bridgehead atoms. The molecule has 1 unspecified atom stereocenters. The highest BCUT2D eigenvalue weighted by Crippen LogP contribution is 2.39. The van der Waals surface area contributed by atoms with E-state index < -0.39 is 0 Å². The molecule has 6 nitrogen and oxygen atoms in total. The van der Waals surface area contributed by atoms with E-state index in [4.69, 9.17) is 0 Å². The van der Waals surface area contributed by atoms with Gasteiger partial charge >= 0.3 is 0 Å². The van der Waals surface area contributed by atoms with E-state index >= 15 is 0 Å². The van der Waals surface area contributed by atoms with Gasteiger partial charge in [-0.1, -0.05) is 19.9 Å². The van der Waals surface area contributed by atoms with Crippen LogP contribution in [0, 0.1) is 11.3 Å². The third kappa shape index (κ3) is 4.67. The summed E-state index contributed by atoms with van der Waals surface area (Å²) in [5.74, 6) is 0.752. The number of hydrogen-bond acceptors (Lipinski definition) is 4. The van der Waals surface area contributed by atoms with Crippen molar-refractivity contribution in [2.24, 2.45) is 11.3 Å². The molecule has 3 heterocycles. The second kappa shape index (κ2) is 8.38. The Kier molecular flexibility index (Phi) is 6.15. The average molecular weight is 373 g/mol. The van der Waals surface area contributed by atoms with Gasteiger partial charge in [-0.05, 0) is 43.7 Å². The maximum Gasteiger partial charge on any atom is 0.272 e. The molecule has 6 heteroatoms. The molecule has 0 radical (unpaired) electrons. The molecule has 1 aromatic rings. The number of pyridine rings is 1. The van der Waals surface area contributed by atoms with Gasteiger partial charge in [0.25, 0.3) is 5.91 Å². The summed E-state index contributed by atoms with van der Waals surface area (Å²) in [4.78, 5) is 33.5. The fraction of sp³-hybridized carbons (Fsp3) is 0.667. The van der Waals surface area contributed by atoms with Gasteiger partial charge in [0.1, 0.15) is 5.69 Å². The molecular weight excluding hydrogens is 342 g/mol. The highest BCUT2D eigenvalue weighted by atomic mass is 16.3. The fourth-order valence-corrected chi connectivity index (χ4v) is 4.28. The summed E-state index contributed by atoms with van der Waals surface area (Å²) in [5, 5.41) is 9.27.